The number of rotatable bonds is 4. The third-order valence-corrected chi connectivity index (χ3v) is 2.83. The Balaban J connectivity index is 2.49. The van der Waals surface area contributed by atoms with E-state index in [0.29, 0.717) is 5.56 Å². The topological polar surface area (TPSA) is 63.6 Å². The maximum atomic E-state index is 11.9. The molecule has 2 aromatic rings. The third kappa shape index (κ3) is 2.34. The van der Waals surface area contributed by atoms with Gasteiger partial charge in [-0.1, -0.05) is 20.8 Å². The van der Waals surface area contributed by atoms with Crippen molar-refractivity contribution in [3.8, 4) is 11.3 Å². The van der Waals surface area contributed by atoms with Crippen molar-refractivity contribution in [2.75, 3.05) is 0 Å². The molecular formula is C13H18N4O. The smallest absolute Gasteiger partial charge is 0.254 e. The fourth-order valence-electron chi connectivity index (χ4n) is 2.01. The predicted molar refractivity (Wildman–Crippen MR) is 70.5 cm³/mol. The highest BCUT2D eigenvalue weighted by atomic mass is 16.1. The minimum absolute atomic E-state index is 0.0711. The zero-order chi connectivity index (χ0) is 13.1. The first-order valence-electron chi connectivity index (χ1n) is 6.24. The van der Waals surface area contributed by atoms with Crippen molar-refractivity contribution < 1.29 is 0 Å². The van der Waals surface area contributed by atoms with E-state index in [0.717, 1.165) is 24.2 Å². The zero-order valence-electron chi connectivity index (χ0n) is 11.0. The summed E-state index contributed by atoms with van der Waals surface area (Å²) < 4.78 is 1.88. The molecule has 0 aliphatic carbocycles. The lowest BCUT2D eigenvalue weighted by atomic mass is 10.0. The third-order valence-electron chi connectivity index (χ3n) is 2.83. The van der Waals surface area contributed by atoms with E-state index in [9.17, 15) is 4.79 Å². The van der Waals surface area contributed by atoms with E-state index in [1.807, 2.05) is 24.7 Å². The van der Waals surface area contributed by atoms with Crippen molar-refractivity contribution in [1.82, 2.24) is 19.7 Å². The predicted octanol–water partition coefficient (Wildman–Crippen LogP) is 2.17. The van der Waals surface area contributed by atoms with Crippen molar-refractivity contribution in [2.45, 2.75) is 39.7 Å². The van der Waals surface area contributed by atoms with Crippen LogP contribution in [0.15, 0.2) is 23.5 Å². The Morgan fingerprint density at radius 3 is 2.89 bits per heavy atom. The lowest BCUT2D eigenvalue weighted by Crippen LogP contribution is -2.16. The number of nitrogens with one attached hydrogen (secondary N) is 1. The number of hydrogen-bond acceptors (Lipinski definition) is 3. The van der Waals surface area contributed by atoms with Crippen LogP contribution in [0.25, 0.3) is 11.3 Å². The van der Waals surface area contributed by atoms with E-state index in [2.05, 4.69) is 22.0 Å². The lowest BCUT2D eigenvalue weighted by molar-refractivity contribution is 0.603. The molecule has 0 fully saturated rings. The van der Waals surface area contributed by atoms with E-state index in [-0.39, 0.29) is 11.5 Å². The standard InChI is InChI=1S/C13H18N4O/c1-4-5-17-7-10(6-16-17)12-11(9(2)3)13(18)15-8-14-12/h6-9H,4-5H2,1-3H3,(H,14,15,18). The molecule has 0 saturated carbocycles. The Morgan fingerprint density at radius 1 is 1.44 bits per heavy atom. The zero-order valence-corrected chi connectivity index (χ0v) is 11.0. The van der Waals surface area contributed by atoms with Crippen molar-refractivity contribution in [1.29, 1.82) is 0 Å². The molecule has 0 unspecified atom stereocenters. The van der Waals surface area contributed by atoms with E-state index >= 15 is 0 Å². The van der Waals surface area contributed by atoms with Crippen molar-refractivity contribution >= 4 is 0 Å². The van der Waals surface area contributed by atoms with Crippen LogP contribution in [0, 0.1) is 0 Å². The van der Waals surface area contributed by atoms with Gasteiger partial charge in [0.05, 0.1) is 18.2 Å². The van der Waals surface area contributed by atoms with Gasteiger partial charge in [0.2, 0.25) is 0 Å². The molecular weight excluding hydrogens is 228 g/mol. The van der Waals surface area contributed by atoms with Crippen LogP contribution in [0.2, 0.25) is 0 Å². The van der Waals surface area contributed by atoms with Gasteiger partial charge in [-0.25, -0.2) is 4.98 Å². The van der Waals surface area contributed by atoms with Crippen LogP contribution < -0.4 is 5.56 Å². The van der Waals surface area contributed by atoms with E-state index < -0.39 is 0 Å². The number of aryl methyl sites for hydroxylation is 1. The van der Waals surface area contributed by atoms with Gasteiger partial charge < -0.3 is 4.98 Å². The molecule has 0 aromatic carbocycles. The van der Waals surface area contributed by atoms with Crippen molar-refractivity contribution in [3.05, 3.63) is 34.6 Å². The van der Waals surface area contributed by atoms with Crippen LogP contribution in [-0.4, -0.2) is 19.7 Å². The number of H-pyrrole nitrogens is 1. The van der Waals surface area contributed by atoms with Gasteiger partial charge in [-0.3, -0.25) is 9.48 Å². The van der Waals surface area contributed by atoms with Gasteiger partial charge >= 0.3 is 0 Å². The largest absolute Gasteiger partial charge is 0.313 e. The summed E-state index contributed by atoms with van der Waals surface area (Å²) in [7, 11) is 0. The molecule has 1 N–H and O–H groups in total. The van der Waals surface area contributed by atoms with Crippen molar-refractivity contribution in [3.63, 3.8) is 0 Å². The highest BCUT2D eigenvalue weighted by molar-refractivity contribution is 5.61. The monoisotopic (exact) mass is 246 g/mol. The Hall–Kier alpha value is -1.91. The summed E-state index contributed by atoms with van der Waals surface area (Å²) in [6.07, 6.45) is 6.18. The fourth-order valence-corrected chi connectivity index (χ4v) is 2.01. The first kappa shape index (κ1) is 12.5. The minimum atomic E-state index is -0.0711. The first-order chi connectivity index (χ1) is 8.63. The van der Waals surface area contributed by atoms with E-state index in [4.69, 9.17) is 0 Å². The van der Waals surface area contributed by atoms with Crippen LogP contribution in [0.4, 0.5) is 0 Å². The molecule has 2 rings (SSSR count). The van der Waals surface area contributed by atoms with Gasteiger partial charge in [-0.2, -0.15) is 5.10 Å². The first-order valence-corrected chi connectivity index (χ1v) is 6.24. The molecule has 18 heavy (non-hydrogen) atoms. The van der Waals surface area contributed by atoms with Gasteiger partial charge in [-0.05, 0) is 12.3 Å². The Morgan fingerprint density at radius 2 is 2.22 bits per heavy atom. The summed E-state index contributed by atoms with van der Waals surface area (Å²) >= 11 is 0. The quantitative estimate of drug-likeness (QED) is 0.899. The highest BCUT2D eigenvalue weighted by Crippen LogP contribution is 2.23. The second-order valence-electron chi connectivity index (χ2n) is 4.64. The van der Waals surface area contributed by atoms with E-state index in [1.54, 1.807) is 6.20 Å². The summed E-state index contributed by atoms with van der Waals surface area (Å²) in [6.45, 7) is 6.96. The van der Waals surface area contributed by atoms with Gasteiger partial charge in [0.25, 0.3) is 5.56 Å². The Kier molecular flexibility index (Phi) is 3.60. The van der Waals surface area contributed by atoms with Crippen molar-refractivity contribution in [2.24, 2.45) is 0 Å². The maximum absolute atomic E-state index is 11.9. The van der Waals surface area contributed by atoms with Gasteiger partial charge in [-0.15, -0.1) is 0 Å². The van der Waals surface area contributed by atoms with Crippen LogP contribution in [0.3, 0.4) is 0 Å². The number of hydrogen-bond donors (Lipinski definition) is 1. The molecule has 5 heteroatoms. The molecule has 96 valence electrons. The van der Waals surface area contributed by atoms with E-state index in [1.165, 1.54) is 6.33 Å². The maximum Gasteiger partial charge on any atom is 0.254 e. The molecule has 0 atom stereocenters. The molecule has 0 bridgehead atoms. The second kappa shape index (κ2) is 5.16. The number of nitrogens with zero attached hydrogens (tertiary/aromatic N) is 3. The van der Waals surface area contributed by atoms with Gasteiger partial charge in [0, 0.05) is 23.9 Å². The Bertz CT molecular complexity index is 583. The second-order valence-corrected chi connectivity index (χ2v) is 4.64. The molecule has 0 amide bonds. The Labute approximate surface area is 106 Å². The summed E-state index contributed by atoms with van der Waals surface area (Å²) in [5.74, 6) is 0.131. The summed E-state index contributed by atoms with van der Waals surface area (Å²) in [4.78, 5) is 18.8. The molecule has 2 heterocycles. The summed E-state index contributed by atoms with van der Waals surface area (Å²) in [5.41, 5.74) is 2.28. The molecule has 0 spiro atoms. The normalized spacial score (nSPS) is 11.1. The minimum Gasteiger partial charge on any atom is -0.313 e. The van der Waals surface area contributed by atoms with Crippen LogP contribution in [0.5, 0.6) is 0 Å². The van der Waals surface area contributed by atoms with Crippen LogP contribution >= 0.6 is 0 Å². The molecule has 0 saturated heterocycles. The molecule has 5 nitrogen and oxygen atoms in total. The molecule has 0 aliphatic rings. The van der Waals surface area contributed by atoms with Crippen LogP contribution in [0.1, 0.15) is 38.7 Å². The fraction of sp³-hybridized carbons (Fsp3) is 0.462. The summed E-state index contributed by atoms with van der Waals surface area (Å²) in [6, 6.07) is 0. The van der Waals surface area contributed by atoms with Gasteiger partial charge in [0.1, 0.15) is 0 Å². The highest BCUT2D eigenvalue weighted by Gasteiger charge is 2.15. The molecule has 0 radical (unpaired) electrons. The average molecular weight is 246 g/mol. The number of aromatic amines is 1. The van der Waals surface area contributed by atoms with Crippen LogP contribution in [-0.2, 0) is 6.54 Å². The average Bonchev–Trinajstić information content (AvgIpc) is 2.77. The number of aromatic nitrogens is 4. The summed E-state index contributed by atoms with van der Waals surface area (Å²) in [5, 5.41) is 4.28. The lowest BCUT2D eigenvalue weighted by Gasteiger charge is -2.08. The van der Waals surface area contributed by atoms with Gasteiger partial charge in [0.15, 0.2) is 0 Å². The SMILES string of the molecule is CCCn1cc(-c2nc[nH]c(=O)c2C(C)C)cn1. The molecule has 0 aliphatic heterocycles. The molecule has 2 aromatic heterocycles.